The van der Waals surface area contributed by atoms with Crippen LogP contribution >= 0.6 is 0 Å². The van der Waals surface area contributed by atoms with Gasteiger partial charge in [-0.3, -0.25) is 4.79 Å². The first-order chi connectivity index (χ1) is 11.7. The molecule has 1 aliphatic rings. The number of nitrogens with one attached hydrogen (secondary N) is 1. The smallest absolute Gasteiger partial charge is 0.422 e. The number of benzene rings is 1. The van der Waals surface area contributed by atoms with E-state index < -0.39 is 30.7 Å². The number of urea groups is 1. The van der Waals surface area contributed by atoms with E-state index in [1.165, 1.54) is 23.1 Å². The van der Waals surface area contributed by atoms with Crippen molar-refractivity contribution in [2.45, 2.75) is 25.9 Å². The van der Waals surface area contributed by atoms with Gasteiger partial charge >= 0.3 is 18.2 Å². The number of amides is 2. The minimum absolute atomic E-state index is 0.0826. The van der Waals surface area contributed by atoms with Gasteiger partial charge < -0.3 is 20.1 Å². The molecule has 0 aliphatic carbocycles. The maximum atomic E-state index is 12.2. The number of likely N-dealkylation sites (tertiary alicyclic amines) is 1. The fourth-order valence-electron chi connectivity index (χ4n) is 2.61. The Morgan fingerprint density at radius 3 is 2.72 bits per heavy atom. The number of alkyl halides is 3. The van der Waals surface area contributed by atoms with Crippen molar-refractivity contribution < 1.29 is 32.6 Å². The van der Waals surface area contributed by atoms with Gasteiger partial charge in [-0.15, -0.1) is 0 Å². The molecule has 9 heteroatoms. The van der Waals surface area contributed by atoms with Gasteiger partial charge in [-0.2, -0.15) is 13.2 Å². The van der Waals surface area contributed by atoms with Gasteiger partial charge in [-0.05, 0) is 43.5 Å². The van der Waals surface area contributed by atoms with E-state index in [2.05, 4.69) is 5.32 Å². The number of carbonyl (C=O) groups excluding carboxylic acids is 1. The summed E-state index contributed by atoms with van der Waals surface area (Å²) in [5, 5.41) is 11.7. The molecule has 1 fully saturated rings. The Hall–Kier alpha value is -2.45. The lowest BCUT2D eigenvalue weighted by Gasteiger charge is -2.30. The van der Waals surface area contributed by atoms with Crippen LogP contribution in [-0.2, 0) is 4.79 Å². The molecule has 0 radical (unpaired) electrons. The highest BCUT2D eigenvalue weighted by molar-refractivity contribution is 5.90. The quantitative estimate of drug-likeness (QED) is 0.864. The van der Waals surface area contributed by atoms with Crippen molar-refractivity contribution in [2.24, 2.45) is 5.92 Å². The number of nitrogens with zero attached hydrogens (tertiary/aromatic N) is 1. The first-order valence-corrected chi connectivity index (χ1v) is 7.74. The SMILES string of the molecule is Cc1cc(NC(=O)N2CCCC(C(=O)O)C2)ccc1OCC(F)(F)F. The Morgan fingerprint density at radius 2 is 2.12 bits per heavy atom. The van der Waals surface area contributed by atoms with Crippen LogP contribution < -0.4 is 10.1 Å². The van der Waals surface area contributed by atoms with Gasteiger partial charge in [-0.25, -0.2) is 4.79 Å². The Bertz CT molecular complexity index is 649. The van der Waals surface area contributed by atoms with Gasteiger partial charge in [0.15, 0.2) is 6.61 Å². The highest BCUT2D eigenvalue weighted by atomic mass is 19.4. The average Bonchev–Trinajstić information content (AvgIpc) is 2.53. The van der Waals surface area contributed by atoms with Crippen LogP contribution in [0.15, 0.2) is 18.2 Å². The Labute approximate surface area is 142 Å². The van der Waals surface area contributed by atoms with Gasteiger partial charge in [-0.1, -0.05) is 0 Å². The lowest BCUT2D eigenvalue weighted by Crippen LogP contribution is -2.44. The summed E-state index contributed by atoms with van der Waals surface area (Å²) in [5.74, 6) is -1.43. The van der Waals surface area contributed by atoms with E-state index in [0.29, 0.717) is 30.6 Å². The third-order valence-electron chi connectivity index (χ3n) is 3.88. The predicted molar refractivity (Wildman–Crippen MR) is 83.7 cm³/mol. The van der Waals surface area contributed by atoms with E-state index in [-0.39, 0.29) is 12.3 Å². The van der Waals surface area contributed by atoms with Crippen LogP contribution in [0.1, 0.15) is 18.4 Å². The third-order valence-corrected chi connectivity index (χ3v) is 3.88. The number of anilines is 1. The van der Waals surface area contributed by atoms with E-state index in [0.717, 1.165) is 0 Å². The molecule has 1 atom stereocenters. The molecule has 1 aromatic rings. The Morgan fingerprint density at radius 1 is 1.40 bits per heavy atom. The summed E-state index contributed by atoms with van der Waals surface area (Å²) in [5.41, 5.74) is 0.850. The molecule has 138 valence electrons. The molecule has 1 aliphatic heterocycles. The van der Waals surface area contributed by atoms with E-state index in [1.807, 2.05) is 0 Å². The second-order valence-electron chi connectivity index (χ2n) is 5.94. The molecule has 25 heavy (non-hydrogen) atoms. The molecule has 0 aromatic heterocycles. The molecule has 0 spiro atoms. The summed E-state index contributed by atoms with van der Waals surface area (Å²) in [4.78, 5) is 24.7. The number of carbonyl (C=O) groups is 2. The zero-order chi connectivity index (χ0) is 18.6. The molecule has 1 unspecified atom stereocenters. The van der Waals surface area contributed by atoms with Gasteiger partial charge in [0.25, 0.3) is 0 Å². The maximum Gasteiger partial charge on any atom is 0.422 e. The molecule has 0 saturated carbocycles. The second-order valence-corrected chi connectivity index (χ2v) is 5.94. The zero-order valence-electron chi connectivity index (χ0n) is 13.6. The van der Waals surface area contributed by atoms with E-state index in [9.17, 15) is 22.8 Å². The number of carboxylic acids is 1. The largest absolute Gasteiger partial charge is 0.484 e. The lowest BCUT2D eigenvalue weighted by atomic mass is 9.99. The molecular formula is C16H19F3N2O4. The minimum atomic E-state index is -4.42. The summed E-state index contributed by atoms with van der Waals surface area (Å²) in [6, 6.07) is 3.86. The fourth-order valence-corrected chi connectivity index (χ4v) is 2.61. The summed E-state index contributed by atoms with van der Waals surface area (Å²) < 4.78 is 41.3. The molecule has 2 amide bonds. The molecule has 1 aromatic carbocycles. The molecule has 2 N–H and O–H groups in total. The van der Waals surface area contributed by atoms with Crippen molar-refractivity contribution in [3.8, 4) is 5.75 Å². The fraction of sp³-hybridized carbons (Fsp3) is 0.500. The van der Waals surface area contributed by atoms with Crippen molar-refractivity contribution in [3.63, 3.8) is 0 Å². The molecule has 0 bridgehead atoms. The normalized spacial score (nSPS) is 17.9. The summed E-state index contributed by atoms with van der Waals surface area (Å²) >= 11 is 0. The minimum Gasteiger partial charge on any atom is -0.484 e. The van der Waals surface area contributed by atoms with Crippen LogP contribution in [0.4, 0.5) is 23.7 Å². The van der Waals surface area contributed by atoms with Crippen LogP contribution in [0.25, 0.3) is 0 Å². The molecule has 6 nitrogen and oxygen atoms in total. The predicted octanol–water partition coefficient (Wildman–Crippen LogP) is 3.26. The summed E-state index contributed by atoms with van der Waals surface area (Å²) in [7, 11) is 0. The number of rotatable bonds is 4. The zero-order valence-corrected chi connectivity index (χ0v) is 13.6. The monoisotopic (exact) mass is 360 g/mol. The van der Waals surface area contributed by atoms with Gasteiger partial charge in [0, 0.05) is 18.8 Å². The van der Waals surface area contributed by atoms with Crippen molar-refractivity contribution in [1.82, 2.24) is 4.90 Å². The third kappa shape index (κ3) is 5.54. The Balaban J connectivity index is 1.97. The molecule has 2 rings (SSSR count). The second kappa shape index (κ2) is 7.62. The number of hydrogen-bond donors (Lipinski definition) is 2. The molecule has 1 heterocycles. The number of halogens is 3. The number of aliphatic carboxylic acids is 1. The van der Waals surface area contributed by atoms with Crippen molar-refractivity contribution >= 4 is 17.7 Å². The van der Waals surface area contributed by atoms with Crippen LogP contribution in [0.5, 0.6) is 5.75 Å². The maximum absolute atomic E-state index is 12.2. The molecular weight excluding hydrogens is 341 g/mol. The van der Waals surface area contributed by atoms with Crippen molar-refractivity contribution in [2.75, 3.05) is 25.0 Å². The number of carboxylic acid groups (broad SMARTS) is 1. The van der Waals surface area contributed by atoms with Gasteiger partial charge in [0.1, 0.15) is 5.75 Å². The lowest BCUT2D eigenvalue weighted by molar-refractivity contribution is -0.153. The number of aryl methyl sites for hydroxylation is 1. The summed E-state index contributed by atoms with van der Waals surface area (Å²) in [6.45, 7) is 0.779. The van der Waals surface area contributed by atoms with Gasteiger partial charge in [0.05, 0.1) is 5.92 Å². The highest BCUT2D eigenvalue weighted by Crippen LogP contribution is 2.25. The van der Waals surface area contributed by atoms with E-state index in [4.69, 9.17) is 9.84 Å². The first kappa shape index (κ1) is 18.9. The van der Waals surface area contributed by atoms with E-state index >= 15 is 0 Å². The summed E-state index contributed by atoms with van der Waals surface area (Å²) in [6.07, 6.45) is -3.29. The van der Waals surface area contributed by atoms with Crippen LogP contribution in [0.2, 0.25) is 0 Å². The van der Waals surface area contributed by atoms with Crippen LogP contribution in [-0.4, -0.2) is 47.9 Å². The number of piperidine rings is 1. The van der Waals surface area contributed by atoms with Crippen LogP contribution in [0, 0.1) is 12.8 Å². The Kier molecular flexibility index (Phi) is 5.76. The first-order valence-electron chi connectivity index (χ1n) is 7.74. The van der Waals surface area contributed by atoms with Gasteiger partial charge in [0.2, 0.25) is 0 Å². The van der Waals surface area contributed by atoms with E-state index in [1.54, 1.807) is 6.92 Å². The number of ether oxygens (including phenoxy) is 1. The van der Waals surface area contributed by atoms with Crippen LogP contribution in [0.3, 0.4) is 0 Å². The standard InChI is InChI=1S/C16H19F3N2O4/c1-10-7-12(4-5-13(10)25-9-16(17,18)19)20-15(24)21-6-2-3-11(8-21)14(22)23/h4-5,7,11H,2-3,6,8-9H2,1H3,(H,20,24)(H,22,23). The average molecular weight is 360 g/mol. The topological polar surface area (TPSA) is 78.9 Å². The van der Waals surface area contributed by atoms with Crippen molar-refractivity contribution in [3.05, 3.63) is 23.8 Å². The molecule has 1 saturated heterocycles. The number of hydrogen-bond acceptors (Lipinski definition) is 3. The van der Waals surface area contributed by atoms with Crippen molar-refractivity contribution in [1.29, 1.82) is 0 Å². The highest BCUT2D eigenvalue weighted by Gasteiger charge is 2.29.